The summed E-state index contributed by atoms with van der Waals surface area (Å²) >= 11 is 0. The lowest BCUT2D eigenvalue weighted by atomic mass is 9.94. The molecule has 21 heavy (non-hydrogen) atoms. The van der Waals surface area contributed by atoms with Gasteiger partial charge in [0, 0.05) is 18.8 Å². The topological polar surface area (TPSA) is 55.6 Å². The van der Waals surface area contributed by atoms with Crippen molar-refractivity contribution in [1.29, 1.82) is 0 Å². The Morgan fingerprint density at radius 3 is 3.00 bits per heavy atom. The van der Waals surface area contributed by atoms with E-state index in [9.17, 15) is 4.79 Å². The fraction of sp³-hybridized carbons (Fsp3) is 0.588. The van der Waals surface area contributed by atoms with Crippen LogP contribution in [0.25, 0.3) is 0 Å². The molecule has 116 valence electrons. The molecule has 1 unspecified atom stereocenters. The monoisotopic (exact) mass is 290 g/mol. The van der Waals surface area contributed by atoms with Crippen molar-refractivity contribution in [3.63, 3.8) is 0 Å². The van der Waals surface area contributed by atoms with Crippen LogP contribution in [0.15, 0.2) is 18.2 Å². The van der Waals surface area contributed by atoms with Gasteiger partial charge in [0.25, 0.3) is 0 Å². The van der Waals surface area contributed by atoms with Crippen LogP contribution in [0.1, 0.15) is 42.1 Å². The van der Waals surface area contributed by atoms with Crippen LogP contribution in [0, 0.1) is 12.8 Å². The third kappa shape index (κ3) is 3.97. The van der Waals surface area contributed by atoms with E-state index in [0.29, 0.717) is 18.1 Å². The van der Waals surface area contributed by atoms with Gasteiger partial charge in [0.05, 0.1) is 12.2 Å². The lowest BCUT2D eigenvalue weighted by Crippen LogP contribution is -2.36. The molecule has 0 spiro atoms. The van der Waals surface area contributed by atoms with Crippen molar-refractivity contribution in [2.24, 2.45) is 11.7 Å². The molecule has 2 N–H and O–H groups in total. The molecule has 0 amide bonds. The van der Waals surface area contributed by atoms with Crippen molar-refractivity contribution in [2.75, 3.05) is 31.1 Å². The molecule has 4 nitrogen and oxygen atoms in total. The Kier molecular flexibility index (Phi) is 5.62. The first-order valence-electron chi connectivity index (χ1n) is 7.88. The average molecular weight is 290 g/mol. The normalized spacial score (nSPS) is 18.6. The molecule has 0 bridgehead atoms. The standard InChI is InChI=1S/C17H26N2O2/c1-3-21-17(20)15-7-6-13(2)16(11-15)19-10-4-5-14(12-19)8-9-18/h6-7,11,14H,3-5,8-10,12,18H2,1-2H3. The molecule has 1 aliphatic heterocycles. The molecule has 1 atom stereocenters. The third-order valence-corrected chi connectivity index (χ3v) is 4.15. The SMILES string of the molecule is CCOC(=O)c1ccc(C)c(N2CCCC(CCN)C2)c1. The summed E-state index contributed by atoms with van der Waals surface area (Å²) in [7, 11) is 0. The highest BCUT2D eigenvalue weighted by Gasteiger charge is 2.21. The van der Waals surface area contributed by atoms with Gasteiger partial charge in [-0.1, -0.05) is 6.07 Å². The van der Waals surface area contributed by atoms with E-state index in [2.05, 4.69) is 11.8 Å². The maximum absolute atomic E-state index is 11.9. The fourth-order valence-corrected chi connectivity index (χ4v) is 3.05. The van der Waals surface area contributed by atoms with E-state index in [1.54, 1.807) is 0 Å². The van der Waals surface area contributed by atoms with Crippen LogP contribution >= 0.6 is 0 Å². The number of carbonyl (C=O) groups is 1. The molecule has 0 saturated carbocycles. The highest BCUT2D eigenvalue weighted by Crippen LogP contribution is 2.28. The van der Waals surface area contributed by atoms with Crippen molar-refractivity contribution < 1.29 is 9.53 Å². The minimum Gasteiger partial charge on any atom is -0.462 e. The molecule has 0 radical (unpaired) electrons. The Morgan fingerprint density at radius 2 is 2.29 bits per heavy atom. The molecular formula is C17H26N2O2. The zero-order valence-corrected chi connectivity index (χ0v) is 13.1. The Bertz CT molecular complexity index is 486. The van der Waals surface area contributed by atoms with Gasteiger partial charge in [-0.2, -0.15) is 0 Å². The number of hydrogen-bond acceptors (Lipinski definition) is 4. The van der Waals surface area contributed by atoms with Crippen molar-refractivity contribution in [3.05, 3.63) is 29.3 Å². The molecule has 2 rings (SSSR count). The molecule has 1 fully saturated rings. The smallest absolute Gasteiger partial charge is 0.338 e. The van der Waals surface area contributed by atoms with Gasteiger partial charge >= 0.3 is 5.97 Å². The van der Waals surface area contributed by atoms with E-state index >= 15 is 0 Å². The van der Waals surface area contributed by atoms with Crippen LogP contribution in [0.2, 0.25) is 0 Å². The van der Waals surface area contributed by atoms with Gasteiger partial charge in [-0.15, -0.1) is 0 Å². The number of nitrogens with two attached hydrogens (primary N) is 1. The molecule has 4 heteroatoms. The summed E-state index contributed by atoms with van der Waals surface area (Å²) in [6.45, 7) is 7.16. The van der Waals surface area contributed by atoms with Gasteiger partial charge in [0.2, 0.25) is 0 Å². The number of anilines is 1. The number of ether oxygens (including phenoxy) is 1. The van der Waals surface area contributed by atoms with Gasteiger partial charge in [-0.05, 0) is 63.3 Å². The summed E-state index contributed by atoms with van der Waals surface area (Å²) in [5, 5.41) is 0. The predicted molar refractivity (Wildman–Crippen MR) is 85.7 cm³/mol. The minimum atomic E-state index is -0.241. The number of benzene rings is 1. The highest BCUT2D eigenvalue weighted by atomic mass is 16.5. The van der Waals surface area contributed by atoms with Crippen LogP contribution in [0.4, 0.5) is 5.69 Å². The first-order chi connectivity index (χ1) is 10.2. The zero-order valence-electron chi connectivity index (χ0n) is 13.1. The van der Waals surface area contributed by atoms with Crippen LogP contribution < -0.4 is 10.6 Å². The Balaban J connectivity index is 2.17. The number of hydrogen-bond donors (Lipinski definition) is 1. The summed E-state index contributed by atoms with van der Waals surface area (Å²) in [6, 6.07) is 5.82. The quantitative estimate of drug-likeness (QED) is 0.847. The van der Waals surface area contributed by atoms with Gasteiger partial charge in [0.15, 0.2) is 0 Å². The largest absolute Gasteiger partial charge is 0.462 e. The van der Waals surface area contributed by atoms with E-state index < -0.39 is 0 Å². The summed E-state index contributed by atoms with van der Waals surface area (Å²) in [6.07, 6.45) is 3.52. The molecule has 1 heterocycles. The number of nitrogens with zero attached hydrogens (tertiary/aromatic N) is 1. The van der Waals surface area contributed by atoms with Gasteiger partial charge in [0.1, 0.15) is 0 Å². The summed E-state index contributed by atoms with van der Waals surface area (Å²) in [5.41, 5.74) is 8.69. The average Bonchev–Trinajstić information content (AvgIpc) is 2.48. The highest BCUT2D eigenvalue weighted by molar-refractivity contribution is 5.91. The molecule has 1 aromatic rings. The zero-order chi connectivity index (χ0) is 15.2. The lowest BCUT2D eigenvalue weighted by Gasteiger charge is -2.35. The minimum absolute atomic E-state index is 0.241. The van der Waals surface area contributed by atoms with E-state index in [1.807, 2.05) is 25.1 Å². The molecular weight excluding hydrogens is 264 g/mol. The molecule has 0 aromatic heterocycles. The maximum atomic E-state index is 11.9. The second-order valence-electron chi connectivity index (χ2n) is 5.75. The first kappa shape index (κ1) is 15.8. The summed E-state index contributed by atoms with van der Waals surface area (Å²) in [5.74, 6) is 0.420. The maximum Gasteiger partial charge on any atom is 0.338 e. The Hall–Kier alpha value is -1.55. The molecule has 1 saturated heterocycles. The van der Waals surface area contributed by atoms with E-state index in [-0.39, 0.29) is 5.97 Å². The predicted octanol–water partition coefficient (Wildman–Crippen LogP) is 2.74. The van der Waals surface area contributed by atoms with E-state index in [4.69, 9.17) is 10.5 Å². The van der Waals surface area contributed by atoms with Crippen LogP contribution in [-0.2, 0) is 4.74 Å². The van der Waals surface area contributed by atoms with Gasteiger partial charge in [-0.3, -0.25) is 0 Å². The van der Waals surface area contributed by atoms with Crippen molar-refractivity contribution in [3.8, 4) is 0 Å². The summed E-state index contributed by atoms with van der Waals surface area (Å²) < 4.78 is 5.10. The number of esters is 1. The molecule has 0 aliphatic carbocycles. The van der Waals surface area contributed by atoms with Crippen molar-refractivity contribution in [2.45, 2.75) is 33.1 Å². The van der Waals surface area contributed by atoms with Crippen LogP contribution in [-0.4, -0.2) is 32.2 Å². The Morgan fingerprint density at radius 1 is 1.48 bits per heavy atom. The van der Waals surface area contributed by atoms with E-state index in [1.165, 1.54) is 18.4 Å². The Labute approximate surface area is 127 Å². The number of rotatable bonds is 5. The number of piperidine rings is 1. The van der Waals surface area contributed by atoms with Gasteiger partial charge < -0.3 is 15.4 Å². The summed E-state index contributed by atoms with van der Waals surface area (Å²) in [4.78, 5) is 14.3. The number of carbonyl (C=O) groups excluding carboxylic acids is 1. The fourth-order valence-electron chi connectivity index (χ4n) is 3.05. The molecule has 1 aliphatic rings. The third-order valence-electron chi connectivity index (χ3n) is 4.15. The lowest BCUT2D eigenvalue weighted by molar-refractivity contribution is 0.0526. The van der Waals surface area contributed by atoms with E-state index in [0.717, 1.165) is 31.7 Å². The second-order valence-corrected chi connectivity index (χ2v) is 5.75. The van der Waals surface area contributed by atoms with Crippen molar-refractivity contribution in [1.82, 2.24) is 0 Å². The van der Waals surface area contributed by atoms with Crippen LogP contribution in [0.3, 0.4) is 0 Å². The first-order valence-corrected chi connectivity index (χ1v) is 7.88. The van der Waals surface area contributed by atoms with Gasteiger partial charge in [-0.25, -0.2) is 4.79 Å². The second kappa shape index (κ2) is 7.46. The number of aryl methyl sites for hydroxylation is 1. The van der Waals surface area contributed by atoms with Crippen LogP contribution in [0.5, 0.6) is 0 Å². The molecule has 1 aromatic carbocycles. The van der Waals surface area contributed by atoms with Crippen molar-refractivity contribution >= 4 is 11.7 Å².